The first-order valence-corrected chi connectivity index (χ1v) is 9.02. The number of likely N-dealkylation sites (tertiary alicyclic amines) is 1. The predicted molar refractivity (Wildman–Crippen MR) is 93.0 cm³/mol. The van der Waals surface area contributed by atoms with Gasteiger partial charge < -0.3 is 10.6 Å². The molecule has 1 aromatic carbocycles. The van der Waals surface area contributed by atoms with Gasteiger partial charge in [0, 0.05) is 25.0 Å². The van der Waals surface area contributed by atoms with Gasteiger partial charge in [0.25, 0.3) is 0 Å². The number of carbonyl (C=O) groups is 1. The molecular weight excluding hydrogens is 286 g/mol. The molecule has 0 aliphatic carbocycles. The number of hydrogen-bond donors (Lipinski definition) is 2. The van der Waals surface area contributed by atoms with E-state index in [9.17, 15) is 4.79 Å². The lowest BCUT2D eigenvalue weighted by Crippen LogP contribution is -2.42. The van der Waals surface area contributed by atoms with E-state index in [1.807, 2.05) is 0 Å². The zero-order valence-electron chi connectivity index (χ0n) is 14.2. The van der Waals surface area contributed by atoms with Gasteiger partial charge in [-0.3, -0.25) is 9.69 Å². The highest BCUT2D eigenvalue weighted by molar-refractivity contribution is 5.78. The molecule has 4 nitrogen and oxygen atoms in total. The molecule has 2 saturated heterocycles. The number of benzene rings is 1. The summed E-state index contributed by atoms with van der Waals surface area (Å²) in [7, 11) is 0. The largest absolute Gasteiger partial charge is 0.352 e. The Balaban J connectivity index is 1.45. The highest BCUT2D eigenvalue weighted by Crippen LogP contribution is 2.17. The molecule has 2 aliphatic rings. The zero-order valence-corrected chi connectivity index (χ0v) is 14.2. The van der Waals surface area contributed by atoms with Crippen molar-refractivity contribution in [3.05, 3.63) is 35.4 Å². The van der Waals surface area contributed by atoms with Crippen LogP contribution < -0.4 is 10.6 Å². The summed E-state index contributed by atoms with van der Waals surface area (Å²) in [6, 6.07) is 9.15. The summed E-state index contributed by atoms with van der Waals surface area (Å²) >= 11 is 0. The maximum atomic E-state index is 12.3. The van der Waals surface area contributed by atoms with Crippen LogP contribution in [0.5, 0.6) is 0 Å². The first-order chi connectivity index (χ1) is 11.2. The van der Waals surface area contributed by atoms with Crippen LogP contribution in [0.25, 0.3) is 0 Å². The summed E-state index contributed by atoms with van der Waals surface area (Å²) in [5.74, 6) is 0.375. The molecule has 0 bridgehead atoms. The lowest BCUT2D eigenvalue weighted by atomic mass is 9.92. The molecule has 2 heterocycles. The standard InChI is InChI=1S/C19H29N3O/c1-15-12-18(8-9-20-15)19(23)21-13-16-4-6-17(7-5-16)14-22-10-2-3-11-22/h4-7,15,18,20H,2-3,8-14H2,1H3,(H,21,23)/t15-,18-/m0/s1. The van der Waals surface area contributed by atoms with Crippen molar-refractivity contribution >= 4 is 5.91 Å². The van der Waals surface area contributed by atoms with Crippen molar-refractivity contribution in [1.29, 1.82) is 0 Å². The number of piperidine rings is 1. The first-order valence-electron chi connectivity index (χ1n) is 9.02. The summed E-state index contributed by atoms with van der Waals surface area (Å²) < 4.78 is 0. The third-order valence-electron chi connectivity index (χ3n) is 5.09. The number of nitrogens with zero attached hydrogens (tertiary/aromatic N) is 1. The van der Waals surface area contributed by atoms with Crippen LogP contribution in [0.3, 0.4) is 0 Å². The van der Waals surface area contributed by atoms with E-state index in [1.165, 1.54) is 37.1 Å². The second-order valence-electron chi connectivity index (χ2n) is 7.09. The fourth-order valence-electron chi connectivity index (χ4n) is 3.67. The van der Waals surface area contributed by atoms with Crippen molar-refractivity contribution in [2.45, 2.75) is 51.7 Å². The van der Waals surface area contributed by atoms with Crippen LogP contribution >= 0.6 is 0 Å². The van der Waals surface area contributed by atoms with Crippen LogP contribution in [-0.4, -0.2) is 36.5 Å². The van der Waals surface area contributed by atoms with Gasteiger partial charge in [0.15, 0.2) is 0 Å². The third kappa shape index (κ3) is 4.79. The van der Waals surface area contributed by atoms with E-state index in [2.05, 4.69) is 46.7 Å². The van der Waals surface area contributed by atoms with Gasteiger partial charge in [-0.1, -0.05) is 24.3 Å². The smallest absolute Gasteiger partial charge is 0.223 e. The minimum Gasteiger partial charge on any atom is -0.352 e. The minimum absolute atomic E-state index is 0.167. The summed E-state index contributed by atoms with van der Waals surface area (Å²) in [5.41, 5.74) is 2.56. The monoisotopic (exact) mass is 315 g/mol. The molecule has 3 rings (SSSR count). The summed E-state index contributed by atoms with van der Waals surface area (Å²) in [5, 5.41) is 6.50. The molecule has 0 aromatic heterocycles. The van der Waals surface area contributed by atoms with Crippen molar-refractivity contribution in [2.24, 2.45) is 5.92 Å². The van der Waals surface area contributed by atoms with Gasteiger partial charge in [-0.05, 0) is 63.4 Å². The van der Waals surface area contributed by atoms with Crippen LogP contribution in [0.1, 0.15) is 43.7 Å². The molecule has 2 fully saturated rings. The SMILES string of the molecule is C[C@H]1C[C@@H](C(=O)NCc2ccc(CN3CCCC3)cc2)CCN1. The van der Waals surface area contributed by atoms with E-state index in [4.69, 9.17) is 0 Å². The molecule has 1 aromatic rings. The van der Waals surface area contributed by atoms with E-state index in [1.54, 1.807) is 0 Å². The molecule has 0 spiro atoms. The van der Waals surface area contributed by atoms with Crippen molar-refractivity contribution in [2.75, 3.05) is 19.6 Å². The van der Waals surface area contributed by atoms with Gasteiger partial charge in [-0.25, -0.2) is 0 Å². The number of rotatable bonds is 5. The Kier molecular flexibility index (Phi) is 5.68. The Hall–Kier alpha value is -1.39. The van der Waals surface area contributed by atoms with E-state index in [-0.39, 0.29) is 11.8 Å². The van der Waals surface area contributed by atoms with Gasteiger partial charge in [-0.15, -0.1) is 0 Å². The predicted octanol–water partition coefficient (Wildman–Crippen LogP) is 2.29. The van der Waals surface area contributed by atoms with Crippen molar-refractivity contribution < 1.29 is 4.79 Å². The van der Waals surface area contributed by atoms with Crippen LogP contribution in [0.15, 0.2) is 24.3 Å². The van der Waals surface area contributed by atoms with E-state index < -0.39 is 0 Å². The molecule has 0 unspecified atom stereocenters. The normalized spacial score (nSPS) is 25.4. The Morgan fingerprint density at radius 2 is 1.91 bits per heavy atom. The van der Waals surface area contributed by atoms with Crippen LogP contribution in [0.2, 0.25) is 0 Å². The Morgan fingerprint density at radius 1 is 1.22 bits per heavy atom. The average Bonchev–Trinajstić information content (AvgIpc) is 3.07. The van der Waals surface area contributed by atoms with Crippen molar-refractivity contribution in [3.63, 3.8) is 0 Å². The molecule has 0 radical (unpaired) electrons. The quantitative estimate of drug-likeness (QED) is 0.876. The van der Waals surface area contributed by atoms with E-state index >= 15 is 0 Å². The molecule has 2 atom stereocenters. The van der Waals surface area contributed by atoms with E-state index in [0.29, 0.717) is 12.6 Å². The third-order valence-corrected chi connectivity index (χ3v) is 5.09. The molecule has 4 heteroatoms. The van der Waals surface area contributed by atoms with Gasteiger partial charge in [-0.2, -0.15) is 0 Å². The maximum Gasteiger partial charge on any atom is 0.223 e. The minimum atomic E-state index is 0.167. The van der Waals surface area contributed by atoms with Gasteiger partial charge in [0.2, 0.25) is 5.91 Å². The summed E-state index contributed by atoms with van der Waals surface area (Å²) in [6.45, 7) is 7.25. The Labute approximate surface area is 139 Å². The number of amides is 1. The average molecular weight is 315 g/mol. The molecule has 126 valence electrons. The lowest BCUT2D eigenvalue weighted by molar-refractivity contribution is -0.126. The highest BCUT2D eigenvalue weighted by atomic mass is 16.1. The number of nitrogens with one attached hydrogen (secondary N) is 2. The van der Waals surface area contributed by atoms with Gasteiger partial charge >= 0.3 is 0 Å². The van der Waals surface area contributed by atoms with Crippen LogP contribution in [0, 0.1) is 5.92 Å². The summed E-state index contributed by atoms with van der Waals surface area (Å²) in [4.78, 5) is 14.8. The lowest BCUT2D eigenvalue weighted by Gasteiger charge is -2.27. The molecule has 2 N–H and O–H groups in total. The van der Waals surface area contributed by atoms with E-state index in [0.717, 1.165) is 25.9 Å². The molecule has 1 amide bonds. The molecule has 2 aliphatic heterocycles. The van der Waals surface area contributed by atoms with Crippen LogP contribution in [-0.2, 0) is 17.9 Å². The fourth-order valence-corrected chi connectivity index (χ4v) is 3.67. The van der Waals surface area contributed by atoms with Crippen LogP contribution in [0.4, 0.5) is 0 Å². The number of carbonyl (C=O) groups excluding carboxylic acids is 1. The first kappa shape index (κ1) is 16.5. The second-order valence-corrected chi connectivity index (χ2v) is 7.09. The van der Waals surface area contributed by atoms with Gasteiger partial charge in [0.1, 0.15) is 0 Å². The van der Waals surface area contributed by atoms with Gasteiger partial charge in [0.05, 0.1) is 0 Å². The van der Waals surface area contributed by atoms with Crippen molar-refractivity contribution in [3.8, 4) is 0 Å². The number of hydrogen-bond acceptors (Lipinski definition) is 3. The molecule has 23 heavy (non-hydrogen) atoms. The second kappa shape index (κ2) is 7.93. The summed E-state index contributed by atoms with van der Waals surface area (Å²) in [6.07, 6.45) is 4.56. The van der Waals surface area contributed by atoms with Crippen molar-refractivity contribution in [1.82, 2.24) is 15.5 Å². The molecular formula is C19H29N3O. The Bertz CT molecular complexity index is 508. The fraction of sp³-hybridized carbons (Fsp3) is 0.632. The molecule has 0 saturated carbocycles. The Morgan fingerprint density at radius 3 is 2.61 bits per heavy atom. The maximum absolute atomic E-state index is 12.3. The topological polar surface area (TPSA) is 44.4 Å². The zero-order chi connectivity index (χ0) is 16.1. The highest BCUT2D eigenvalue weighted by Gasteiger charge is 2.24.